The molecule has 0 saturated carbocycles. The quantitative estimate of drug-likeness (QED) is 0.821. The van der Waals surface area contributed by atoms with Crippen molar-refractivity contribution in [1.29, 1.82) is 0 Å². The lowest BCUT2D eigenvalue weighted by Crippen LogP contribution is -2.39. The number of imidazole rings is 1. The van der Waals surface area contributed by atoms with Crippen molar-refractivity contribution in [3.05, 3.63) is 23.2 Å². The average molecular weight is 365 g/mol. The second-order valence-electron chi connectivity index (χ2n) is 7.52. The molecule has 0 bridgehead atoms. The van der Waals surface area contributed by atoms with E-state index in [1.54, 1.807) is 4.90 Å². The van der Waals surface area contributed by atoms with Crippen LogP contribution in [0, 0.1) is 0 Å². The molecule has 1 aliphatic heterocycles. The molecule has 1 saturated heterocycles. The smallest absolute Gasteiger partial charge is 0.410 e. The maximum absolute atomic E-state index is 12.5. The molecule has 2 aromatic rings. The molecule has 25 heavy (non-hydrogen) atoms. The van der Waals surface area contributed by atoms with Gasteiger partial charge >= 0.3 is 6.09 Å². The van der Waals surface area contributed by atoms with Crippen LogP contribution in [0.5, 0.6) is 0 Å². The van der Waals surface area contributed by atoms with Gasteiger partial charge in [0.15, 0.2) is 0 Å². The normalized spacial score (nSPS) is 19.0. The van der Waals surface area contributed by atoms with E-state index in [1.807, 2.05) is 43.5 Å². The molecule has 0 spiro atoms. The first-order valence-electron chi connectivity index (χ1n) is 8.66. The van der Waals surface area contributed by atoms with Gasteiger partial charge in [0.1, 0.15) is 5.60 Å². The number of halogens is 1. The number of rotatable bonds is 1. The fraction of sp³-hybridized carbons (Fsp3) is 0.556. The van der Waals surface area contributed by atoms with Crippen molar-refractivity contribution in [2.45, 2.75) is 51.7 Å². The highest BCUT2D eigenvalue weighted by Crippen LogP contribution is 2.32. The summed E-state index contributed by atoms with van der Waals surface area (Å²) in [6.45, 7) is 6.85. The number of nitrogen functional groups attached to an aromatic ring is 1. The first-order valence-corrected chi connectivity index (χ1v) is 9.04. The Kier molecular flexibility index (Phi) is 4.82. The lowest BCUT2D eigenvalue weighted by atomic mass is 10.1. The third kappa shape index (κ3) is 3.84. The van der Waals surface area contributed by atoms with Crippen LogP contribution in [0.2, 0.25) is 5.02 Å². The van der Waals surface area contributed by atoms with Gasteiger partial charge in [-0.2, -0.15) is 0 Å². The van der Waals surface area contributed by atoms with E-state index in [4.69, 9.17) is 22.1 Å². The van der Waals surface area contributed by atoms with Crippen LogP contribution in [-0.2, 0) is 4.74 Å². The largest absolute Gasteiger partial charge is 0.444 e. The van der Waals surface area contributed by atoms with E-state index >= 15 is 0 Å². The molecule has 2 N–H and O–H groups in total. The molecule has 1 aliphatic rings. The molecule has 7 heteroatoms. The second kappa shape index (κ2) is 6.75. The highest BCUT2D eigenvalue weighted by Gasteiger charge is 2.29. The number of nitrogens with zero attached hydrogens (tertiary/aromatic N) is 3. The minimum Gasteiger partial charge on any atom is -0.444 e. The van der Waals surface area contributed by atoms with Crippen molar-refractivity contribution in [3.8, 4) is 0 Å². The molecule has 1 fully saturated rings. The molecule has 1 aromatic heterocycles. The Bertz CT molecular complexity index is 781. The third-order valence-electron chi connectivity index (χ3n) is 4.35. The summed E-state index contributed by atoms with van der Waals surface area (Å²) in [4.78, 5) is 18.7. The van der Waals surface area contributed by atoms with Crippen molar-refractivity contribution in [1.82, 2.24) is 14.5 Å². The Hall–Kier alpha value is -1.95. The van der Waals surface area contributed by atoms with Crippen molar-refractivity contribution in [3.63, 3.8) is 0 Å². The van der Waals surface area contributed by atoms with E-state index < -0.39 is 5.60 Å². The van der Waals surface area contributed by atoms with E-state index in [2.05, 4.69) is 4.98 Å². The van der Waals surface area contributed by atoms with Crippen LogP contribution in [-0.4, -0.2) is 39.2 Å². The molecular weight excluding hydrogens is 340 g/mol. The SMILES string of the molecule is CC(C)(C)OC(=O)N1CCCCC(n2c(N)nc3cccc(Cl)c32)C1. The zero-order chi connectivity index (χ0) is 18.2. The van der Waals surface area contributed by atoms with Crippen molar-refractivity contribution >= 4 is 34.7 Å². The highest BCUT2D eigenvalue weighted by atomic mass is 35.5. The van der Waals surface area contributed by atoms with Gasteiger partial charge in [0.25, 0.3) is 0 Å². The fourth-order valence-electron chi connectivity index (χ4n) is 3.32. The molecule has 1 aromatic carbocycles. The Balaban J connectivity index is 1.92. The maximum Gasteiger partial charge on any atom is 0.410 e. The molecule has 0 aliphatic carbocycles. The number of anilines is 1. The summed E-state index contributed by atoms with van der Waals surface area (Å²) in [7, 11) is 0. The molecule has 136 valence electrons. The minimum absolute atomic E-state index is 0.0277. The Morgan fingerprint density at radius 3 is 2.84 bits per heavy atom. The molecule has 6 nitrogen and oxygen atoms in total. The Morgan fingerprint density at radius 2 is 2.12 bits per heavy atom. The highest BCUT2D eigenvalue weighted by molar-refractivity contribution is 6.35. The van der Waals surface area contributed by atoms with E-state index in [-0.39, 0.29) is 12.1 Å². The second-order valence-corrected chi connectivity index (χ2v) is 7.93. The summed E-state index contributed by atoms with van der Waals surface area (Å²) >= 11 is 6.40. The molecule has 2 heterocycles. The standard InChI is InChI=1S/C18H25ClN4O2/c1-18(2,3)25-17(24)22-10-5-4-7-12(11-22)23-15-13(19)8-6-9-14(15)21-16(23)20/h6,8-9,12H,4-5,7,10-11H2,1-3H3,(H2,20,21). The van der Waals surface area contributed by atoms with Gasteiger partial charge in [-0.1, -0.05) is 17.7 Å². The monoisotopic (exact) mass is 364 g/mol. The van der Waals surface area contributed by atoms with Gasteiger partial charge < -0.3 is 19.9 Å². The van der Waals surface area contributed by atoms with E-state index in [9.17, 15) is 4.79 Å². The van der Waals surface area contributed by atoms with E-state index in [1.165, 1.54) is 0 Å². The number of hydrogen-bond donors (Lipinski definition) is 1. The van der Waals surface area contributed by atoms with Gasteiger partial charge in [-0.15, -0.1) is 0 Å². The van der Waals surface area contributed by atoms with Gasteiger partial charge in [-0.3, -0.25) is 0 Å². The number of aromatic nitrogens is 2. The van der Waals surface area contributed by atoms with Gasteiger partial charge in [-0.05, 0) is 52.2 Å². The van der Waals surface area contributed by atoms with Gasteiger partial charge in [0.05, 0.1) is 22.1 Å². The average Bonchev–Trinajstić information content (AvgIpc) is 2.68. The number of amides is 1. The number of fused-ring (bicyclic) bond motifs is 1. The van der Waals surface area contributed by atoms with Gasteiger partial charge in [-0.25, -0.2) is 9.78 Å². The number of carbonyl (C=O) groups is 1. The van der Waals surface area contributed by atoms with Gasteiger partial charge in [0.2, 0.25) is 5.95 Å². The molecule has 1 amide bonds. The van der Waals surface area contributed by atoms with Crippen LogP contribution >= 0.6 is 11.6 Å². The molecule has 3 rings (SSSR count). The van der Waals surface area contributed by atoms with Crippen LogP contribution in [0.1, 0.15) is 46.1 Å². The van der Waals surface area contributed by atoms with Crippen LogP contribution in [0.25, 0.3) is 11.0 Å². The van der Waals surface area contributed by atoms with Crippen molar-refractivity contribution in [2.24, 2.45) is 0 Å². The zero-order valence-electron chi connectivity index (χ0n) is 15.0. The number of carbonyl (C=O) groups excluding carboxylic acids is 1. The lowest BCUT2D eigenvalue weighted by Gasteiger charge is -2.29. The Morgan fingerprint density at radius 1 is 1.36 bits per heavy atom. The summed E-state index contributed by atoms with van der Waals surface area (Å²) < 4.78 is 7.52. The van der Waals surface area contributed by atoms with E-state index in [0.29, 0.717) is 24.1 Å². The summed E-state index contributed by atoms with van der Waals surface area (Å²) in [6.07, 6.45) is 2.58. The molecule has 1 atom stereocenters. The Labute approximate surface area is 152 Å². The molecular formula is C18H25ClN4O2. The molecule has 1 unspecified atom stereocenters. The predicted octanol–water partition coefficient (Wildman–Crippen LogP) is 4.23. The number of ether oxygens (including phenoxy) is 1. The summed E-state index contributed by atoms with van der Waals surface area (Å²) in [5, 5.41) is 0.620. The number of likely N-dealkylation sites (tertiary alicyclic amines) is 1. The number of nitrogens with two attached hydrogens (primary N) is 1. The number of hydrogen-bond acceptors (Lipinski definition) is 4. The number of para-hydroxylation sites is 1. The first kappa shape index (κ1) is 17.9. The van der Waals surface area contributed by atoms with Crippen LogP contribution < -0.4 is 5.73 Å². The van der Waals surface area contributed by atoms with Crippen molar-refractivity contribution in [2.75, 3.05) is 18.8 Å². The van der Waals surface area contributed by atoms with Crippen LogP contribution in [0.15, 0.2) is 18.2 Å². The van der Waals surface area contributed by atoms with E-state index in [0.717, 1.165) is 30.3 Å². The van der Waals surface area contributed by atoms with Crippen LogP contribution in [0.3, 0.4) is 0 Å². The predicted molar refractivity (Wildman–Crippen MR) is 99.9 cm³/mol. The topological polar surface area (TPSA) is 73.4 Å². The van der Waals surface area contributed by atoms with Crippen molar-refractivity contribution < 1.29 is 9.53 Å². The minimum atomic E-state index is -0.511. The maximum atomic E-state index is 12.5. The number of benzene rings is 1. The molecule has 0 radical (unpaired) electrons. The zero-order valence-corrected chi connectivity index (χ0v) is 15.7. The summed E-state index contributed by atoms with van der Waals surface area (Å²) in [5.41, 5.74) is 7.28. The summed E-state index contributed by atoms with van der Waals surface area (Å²) in [6, 6.07) is 5.63. The third-order valence-corrected chi connectivity index (χ3v) is 4.66. The fourth-order valence-corrected chi connectivity index (χ4v) is 3.58. The summed E-state index contributed by atoms with van der Waals surface area (Å²) in [5.74, 6) is 0.430. The van der Waals surface area contributed by atoms with Crippen LogP contribution in [0.4, 0.5) is 10.7 Å². The van der Waals surface area contributed by atoms with Gasteiger partial charge in [0, 0.05) is 13.1 Å². The lowest BCUT2D eigenvalue weighted by molar-refractivity contribution is 0.0238. The first-order chi connectivity index (χ1) is 11.8.